The van der Waals surface area contributed by atoms with E-state index in [1.165, 1.54) is 12.1 Å². The van der Waals surface area contributed by atoms with Gasteiger partial charge in [0.05, 0.1) is 17.0 Å². The number of carbonyl (C=O) groups is 1. The highest BCUT2D eigenvalue weighted by Gasteiger charge is 2.28. The highest BCUT2D eigenvalue weighted by molar-refractivity contribution is 5.81. The minimum Gasteiger partial charge on any atom is -0.352 e. The van der Waals surface area contributed by atoms with Crippen LogP contribution in [0.3, 0.4) is 0 Å². The second-order valence-electron chi connectivity index (χ2n) is 7.09. The van der Waals surface area contributed by atoms with Crippen LogP contribution in [0.1, 0.15) is 18.4 Å². The Labute approximate surface area is 157 Å². The summed E-state index contributed by atoms with van der Waals surface area (Å²) in [5.74, 6) is 0.543. The standard InChI is InChI=1S/C21H23FN4O/c1-25-19-10-3-2-9-18(19)24-21(25)26-11-5-7-16(14-26)20(27)23-13-15-6-4-8-17(22)12-15/h2-4,6,8-10,12,16H,5,7,11,13-14H2,1H3,(H,23,27)/t16-/m0/s1. The van der Waals surface area contributed by atoms with E-state index in [4.69, 9.17) is 4.98 Å². The lowest BCUT2D eigenvalue weighted by Gasteiger charge is -2.32. The van der Waals surface area contributed by atoms with E-state index in [0.717, 1.165) is 41.9 Å². The van der Waals surface area contributed by atoms with Crippen LogP contribution in [0.2, 0.25) is 0 Å². The van der Waals surface area contributed by atoms with Gasteiger partial charge in [-0.2, -0.15) is 0 Å². The van der Waals surface area contributed by atoms with Crippen molar-refractivity contribution in [3.05, 3.63) is 59.9 Å². The molecule has 2 aromatic carbocycles. The van der Waals surface area contributed by atoms with E-state index >= 15 is 0 Å². The molecule has 1 amide bonds. The molecule has 1 fully saturated rings. The number of anilines is 1. The van der Waals surface area contributed by atoms with E-state index in [0.29, 0.717) is 13.1 Å². The number of amides is 1. The molecule has 3 aromatic rings. The maximum absolute atomic E-state index is 13.3. The van der Waals surface area contributed by atoms with Crippen LogP contribution >= 0.6 is 0 Å². The maximum atomic E-state index is 13.3. The van der Waals surface area contributed by atoms with Gasteiger partial charge in [0.25, 0.3) is 0 Å². The van der Waals surface area contributed by atoms with E-state index in [-0.39, 0.29) is 17.6 Å². The number of nitrogens with one attached hydrogen (secondary N) is 1. The number of carbonyl (C=O) groups excluding carboxylic acids is 1. The summed E-state index contributed by atoms with van der Waals surface area (Å²) in [6.45, 7) is 1.89. The second kappa shape index (κ2) is 7.39. The van der Waals surface area contributed by atoms with E-state index in [1.54, 1.807) is 6.07 Å². The number of fused-ring (bicyclic) bond motifs is 1. The number of hydrogen-bond donors (Lipinski definition) is 1. The Bertz CT molecular complexity index is 968. The Morgan fingerprint density at radius 3 is 2.93 bits per heavy atom. The van der Waals surface area contributed by atoms with Crippen LogP contribution in [0.4, 0.5) is 10.3 Å². The average Bonchev–Trinajstić information content (AvgIpc) is 3.03. The number of nitrogens with zero attached hydrogens (tertiary/aromatic N) is 3. The van der Waals surface area contributed by atoms with Crippen molar-refractivity contribution in [1.82, 2.24) is 14.9 Å². The monoisotopic (exact) mass is 366 g/mol. The Balaban J connectivity index is 1.44. The van der Waals surface area contributed by atoms with Crippen LogP contribution in [-0.2, 0) is 18.4 Å². The van der Waals surface area contributed by atoms with E-state index in [1.807, 2.05) is 31.3 Å². The van der Waals surface area contributed by atoms with Crippen LogP contribution in [0, 0.1) is 11.7 Å². The van der Waals surface area contributed by atoms with Gasteiger partial charge in [-0.1, -0.05) is 24.3 Å². The predicted octanol–water partition coefficient (Wildman–Crippen LogP) is 3.25. The molecule has 0 unspecified atom stereocenters. The number of rotatable bonds is 4. The summed E-state index contributed by atoms with van der Waals surface area (Å²) in [6.07, 6.45) is 1.80. The fourth-order valence-electron chi connectivity index (χ4n) is 3.77. The molecule has 1 aliphatic heterocycles. The van der Waals surface area contributed by atoms with Gasteiger partial charge < -0.3 is 14.8 Å². The molecule has 5 nitrogen and oxygen atoms in total. The lowest BCUT2D eigenvalue weighted by molar-refractivity contribution is -0.125. The van der Waals surface area contributed by atoms with Crippen LogP contribution in [0.25, 0.3) is 11.0 Å². The Morgan fingerprint density at radius 2 is 2.11 bits per heavy atom. The van der Waals surface area contributed by atoms with Crippen LogP contribution in [0.5, 0.6) is 0 Å². The van der Waals surface area contributed by atoms with Crippen molar-refractivity contribution in [1.29, 1.82) is 0 Å². The quantitative estimate of drug-likeness (QED) is 0.771. The molecule has 0 aliphatic carbocycles. The zero-order valence-electron chi connectivity index (χ0n) is 15.4. The third-order valence-electron chi connectivity index (χ3n) is 5.19. The van der Waals surface area contributed by atoms with Gasteiger partial charge in [-0.25, -0.2) is 9.37 Å². The molecule has 1 aliphatic rings. The van der Waals surface area contributed by atoms with Crippen LogP contribution in [-0.4, -0.2) is 28.5 Å². The highest BCUT2D eigenvalue weighted by atomic mass is 19.1. The summed E-state index contributed by atoms with van der Waals surface area (Å²) in [5, 5.41) is 2.95. The van der Waals surface area contributed by atoms with Crippen LogP contribution in [0.15, 0.2) is 48.5 Å². The smallest absolute Gasteiger partial charge is 0.225 e. The molecule has 0 radical (unpaired) electrons. The van der Waals surface area contributed by atoms with E-state index < -0.39 is 0 Å². The molecule has 1 saturated heterocycles. The molecule has 0 bridgehead atoms. The van der Waals surface area contributed by atoms with Gasteiger partial charge in [-0.3, -0.25) is 4.79 Å². The molecule has 27 heavy (non-hydrogen) atoms. The first-order valence-electron chi connectivity index (χ1n) is 9.30. The summed E-state index contributed by atoms with van der Waals surface area (Å²) < 4.78 is 15.4. The predicted molar refractivity (Wildman–Crippen MR) is 104 cm³/mol. The minimum atomic E-state index is -0.285. The van der Waals surface area contributed by atoms with Crippen LogP contribution < -0.4 is 10.2 Å². The van der Waals surface area contributed by atoms with Gasteiger partial charge >= 0.3 is 0 Å². The van der Waals surface area contributed by atoms with Crippen molar-refractivity contribution in [2.75, 3.05) is 18.0 Å². The molecule has 1 atom stereocenters. The fourth-order valence-corrected chi connectivity index (χ4v) is 3.77. The van der Waals surface area contributed by atoms with E-state index in [2.05, 4.69) is 20.9 Å². The average molecular weight is 366 g/mol. The molecule has 4 rings (SSSR count). The van der Waals surface area contributed by atoms with E-state index in [9.17, 15) is 9.18 Å². The zero-order chi connectivity index (χ0) is 18.8. The highest BCUT2D eigenvalue weighted by Crippen LogP contribution is 2.26. The number of benzene rings is 2. The maximum Gasteiger partial charge on any atom is 0.225 e. The Kier molecular flexibility index (Phi) is 4.79. The molecule has 6 heteroatoms. The van der Waals surface area contributed by atoms with Crippen molar-refractivity contribution in [2.45, 2.75) is 19.4 Å². The van der Waals surface area contributed by atoms with Gasteiger partial charge in [0, 0.05) is 26.7 Å². The first-order valence-corrected chi connectivity index (χ1v) is 9.30. The number of piperidine rings is 1. The van der Waals surface area contributed by atoms with Gasteiger partial charge in [-0.05, 0) is 42.7 Å². The summed E-state index contributed by atoms with van der Waals surface area (Å²) >= 11 is 0. The minimum absolute atomic E-state index is 0.0164. The number of aryl methyl sites for hydroxylation is 1. The third-order valence-corrected chi connectivity index (χ3v) is 5.19. The lowest BCUT2D eigenvalue weighted by Crippen LogP contribution is -2.43. The number of aromatic nitrogens is 2. The van der Waals surface area contributed by atoms with Gasteiger partial charge in [0.1, 0.15) is 5.82 Å². The van der Waals surface area contributed by atoms with Crippen molar-refractivity contribution in [3.63, 3.8) is 0 Å². The fraction of sp³-hybridized carbons (Fsp3) is 0.333. The Morgan fingerprint density at radius 1 is 1.26 bits per heavy atom. The molecular weight excluding hydrogens is 343 g/mol. The lowest BCUT2D eigenvalue weighted by atomic mass is 9.97. The topological polar surface area (TPSA) is 50.2 Å². The summed E-state index contributed by atoms with van der Waals surface area (Å²) in [4.78, 5) is 19.6. The summed E-state index contributed by atoms with van der Waals surface area (Å²) in [5.41, 5.74) is 2.82. The normalized spacial score (nSPS) is 17.3. The Hall–Kier alpha value is -2.89. The molecule has 1 N–H and O–H groups in total. The number of para-hydroxylation sites is 2. The van der Waals surface area contributed by atoms with Crippen molar-refractivity contribution >= 4 is 22.9 Å². The summed E-state index contributed by atoms with van der Waals surface area (Å²) in [6, 6.07) is 14.4. The number of imidazole rings is 1. The van der Waals surface area contributed by atoms with Gasteiger partial charge in [0.15, 0.2) is 0 Å². The third kappa shape index (κ3) is 3.65. The zero-order valence-corrected chi connectivity index (χ0v) is 15.4. The molecule has 0 saturated carbocycles. The van der Waals surface area contributed by atoms with Gasteiger partial charge in [-0.15, -0.1) is 0 Å². The van der Waals surface area contributed by atoms with Crippen molar-refractivity contribution < 1.29 is 9.18 Å². The first kappa shape index (κ1) is 17.5. The van der Waals surface area contributed by atoms with Crippen molar-refractivity contribution in [3.8, 4) is 0 Å². The first-order chi connectivity index (χ1) is 13.1. The summed E-state index contributed by atoms with van der Waals surface area (Å²) in [7, 11) is 2.01. The molecule has 0 spiro atoms. The largest absolute Gasteiger partial charge is 0.352 e. The molecular formula is C21H23FN4O. The second-order valence-corrected chi connectivity index (χ2v) is 7.09. The molecule has 2 heterocycles. The number of hydrogen-bond acceptors (Lipinski definition) is 3. The molecule has 1 aromatic heterocycles. The molecule has 140 valence electrons. The van der Waals surface area contributed by atoms with Gasteiger partial charge in [0.2, 0.25) is 11.9 Å². The number of halogens is 1. The SMILES string of the molecule is Cn1c(N2CCC[C@H](C(=O)NCc3cccc(F)c3)C2)nc2ccccc21. The van der Waals surface area contributed by atoms with Crippen molar-refractivity contribution in [2.24, 2.45) is 13.0 Å².